The highest BCUT2D eigenvalue weighted by atomic mass is 79.9. The fraction of sp³-hybridized carbons (Fsp3) is 0.462. The van der Waals surface area contributed by atoms with E-state index in [0.717, 1.165) is 29.8 Å². The van der Waals surface area contributed by atoms with E-state index in [4.69, 9.17) is 5.73 Å². The summed E-state index contributed by atoms with van der Waals surface area (Å²) in [5.41, 5.74) is 7.45. The smallest absolute Gasteiger partial charge is 0.236 e. The molecule has 0 bridgehead atoms. The van der Waals surface area contributed by atoms with Gasteiger partial charge in [-0.25, -0.2) is 0 Å². The van der Waals surface area contributed by atoms with Gasteiger partial charge in [-0.2, -0.15) is 0 Å². The Morgan fingerprint density at radius 1 is 1.44 bits per heavy atom. The molecule has 0 spiro atoms. The van der Waals surface area contributed by atoms with Crippen molar-refractivity contribution in [3.63, 3.8) is 0 Å². The van der Waals surface area contributed by atoms with Crippen LogP contribution in [-0.4, -0.2) is 25.5 Å². The normalized spacial score (nSPS) is 10.4. The highest BCUT2D eigenvalue weighted by Gasteiger charge is 2.09. The topological polar surface area (TPSA) is 58.4 Å². The standard InChI is InChI=1S/C13H20BrN3O/c1-3-16-8-10-5-6-11(7-12(10)14)17(4-2)9-13(15)18/h5-7,16H,3-4,8-9H2,1-2H3,(H2,15,18). The van der Waals surface area contributed by atoms with Crippen molar-refractivity contribution in [3.8, 4) is 0 Å². The number of hydrogen-bond acceptors (Lipinski definition) is 3. The summed E-state index contributed by atoms with van der Waals surface area (Å²) in [7, 11) is 0. The number of anilines is 1. The predicted octanol–water partition coefficient (Wildman–Crippen LogP) is 1.87. The summed E-state index contributed by atoms with van der Waals surface area (Å²) in [6.07, 6.45) is 0. The molecule has 3 N–H and O–H groups in total. The van der Waals surface area contributed by atoms with Gasteiger partial charge in [-0.15, -0.1) is 0 Å². The van der Waals surface area contributed by atoms with Gasteiger partial charge >= 0.3 is 0 Å². The maximum Gasteiger partial charge on any atom is 0.236 e. The van der Waals surface area contributed by atoms with E-state index in [-0.39, 0.29) is 12.5 Å². The Bertz CT molecular complexity index is 409. The second-order valence-electron chi connectivity index (χ2n) is 4.04. The van der Waals surface area contributed by atoms with Crippen molar-refractivity contribution in [1.82, 2.24) is 5.32 Å². The number of primary amides is 1. The maximum absolute atomic E-state index is 11.0. The van der Waals surface area contributed by atoms with Gasteiger partial charge in [0.05, 0.1) is 6.54 Å². The molecule has 0 aliphatic heterocycles. The lowest BCUT2D eigenvalue weighted by molar-refractivity contribution is -0.116. The summed E-state index contributed by atoms with van der Waals surface area (Å²) in [6, 6.07) is 6.11. The molecule has 0 radical (unpaired) electrons. The second kappa shape index (κ2) is 7.38. The van der Waals surface area contributed by atoms with Crippen LogP contribution >= 0.6 is 15.9 Å². The van der Waals surface area contributed by atoms with Crippen molar-refractivity contribution >= 4 is 27.5 Å². The van der Waals surface area contributed by atoms with Crippen molar-refractivity contribution < 1.29 is 4.79 Å². The van der Waals surface area contributed by atoms with Crippen LogP contribution in [-0.2, 0) is 11.3 Å². The molecule has 0 aliphatic carbocycles. The number of nitrogens with zero attached hydrogens (tertiary/aromatic N) is 1. The Hall–Kier alpha value is -1.07. The molecule has 0 saturated heterocycles. The molecule has 0 aliphatic rings. The summed E-state index contributed by atoms with van der Waals surface area (Å²) in [5.74, 6) is -0.315. The molecule has 4 nitrogen and oxygen atoms in total. The second-order valence-corrected chi connectivity index (χ2v) is 4.89. The number of nitrogens with two attached hydrogens (primary N) is 1. The molecule has 1 aromatic rings. The predicted molar refractivity (Wildman–Crippen MR) is 78.6 cm³/mol. The van der Waals surface area contributed by atoms with Crippen molar-refractivity contribution in [2.75, 3.05) is 24.5 Å². The molecule has 0 saturated carbocycles. The van der Waals surface area contributed by atoms with Crippen LogP contribution < -0.4 is 16.0 Å². The van der Waals surface area contributed by atoms with Gasteiger partial charge in [0.2, 0.25) is 5.91 Å². The van der Waals surface area contributed by atoms with Gasteiger partial charge in [-0.1, -0.05) is 28.9 Å². The van der Waals surface area contributed by atoms with Gasteiger partial charge in [0, 0.05) is 23.2 Å². The van der Waals surface area contributed by atoms with Gasteiger partial charge in [0.1, 0.15) is 0 Å². The number of carbonyl (C=O) groups is 1. The number of rotatable bonds is 7. The third-order valence-corrected chi connectivity index (χ3v) is 3.43. The van der Waals surface area contributed by atoms with Gasteiger partial charge in [0.25, 0.3) is 0 Å². The Kier molecular flexibility index (Phi) is 6.15. The van der Waals surface area contributed by atoms with Gasteiger partial charge in [-0.3, -0.25) is 4.79 Å². The number of hydrogen-bond donors (Lipinski definition) is 2. The first kappa shape index (κ1) is 15.0. The van der Waals surface area contributed by atoms with Crippen molar-refractivity contribution in [2.24, 2.45) is 5.73 Å². The molecule has 5 heteroatoms. The van der Waals surface area contributed by atoms with Crippen LogP contribution in [0.25, 0.3) is 0 Å². The average molecular weight is 314 g/mol. The summed E-state index contributed by atoms with van der Waals surface area (Å²) in [5, 5.41) is 3.28. The lowest BCUT2D eigenvalue weighted by Crippen LogP contribution is -2.33. The minimum atomic E-state index is -0.315. The fourth-order valence-corrected chi connectivity index (χ4v) is 2.22. The Balaban J connectivity index is 2.84. The number of benzene rings is 1. The lowest BCUT2D eigenvalue weighted by Gasteiger charge is -2.22. The van der Waals surface area contributed by atoms with E-state index in [0.29, 0.717) is 0 Å². The minimum Gasteiger partial charge on any atom is -0.368 e. The van der Waals surface area contributed by atoms with Crippen LogP contribution in [0.4, 0.5) is 5.69 Å². The average Bonchev–Trinajstić information content (AvgIpc) is 2.34. The molecule has 1 amide bonds. The van der Waals surface area contributed by atoms with Crippen LogP contribution in [0.15, 0.2) is 22.7 Å². The number of carbonyl (C=O) groups excluding carboxylic acids is 1. The number of halogens is 1. The zero-order valence-corrected chi connectivity index (χ0v) is 12.5. The quantitative estimate of drug-likeness (QED) is 0.808. The van der Waals surface area contributed by atoms with Gasteiger partial charge in [-0.05, 0) is 31.2 Å². The highest BCUT2D eigenvalue weighted by Crippen LogP contribution is 2.24. The van der Waals surface area contributed by atoms with Crippen molar-refractivity contribution in [1.29, 1.82) is 0 Å². The van der Waals surface area contributed by atoms with Crippen LogP contribution in [0.5, 0.6) is 0 Å². The third kappa shape index (κ3) is 4.31. The fourth-order valence-electron chi connectivity index (χ4n) is 1.71. The zero-order valence-electron chi connectivity index (χ0n) is 10.9. The Labute approximate surface area is 117 Å². The van der Waals surface area contributed by atoms with Gasteiger partial charge < -0.3 is 16.0 Å². The highest BCUT2D eigenvalue weighted by molar-refractivity contribution is 9.10. The molecular weight excluding hydrogens is 294 g/mol. The molecule has 0 atom stereocenters. The number of nitrogens with one attached hydrogen (secondary N) is 1. The van der Waals surface area contributed by atoms with E-state index in [1.54, 1.807) is 0 Å². The van der Waals surface area contributed by atoms with Crippen molar-refractivity contribution in [3.05, 3.63) is 28.2 Å². The molecule has 1 rings (SSSR count). The summed E-state index contributed by atoms with van der Waals surface area (Å²) in [4.78, 5) is 12.9. The van der Waals surface area contributed by atoms with E-state index in [2.05, 4.69) is 34.2 Å². The first-order valence-electron chi connectivity index (χ1n) is 6.10. The maximum atomic E-state index is 11.0. The lowest BCUT2D eigenvalue weighted by atomic mass is 10.2. The van der Waals surface area contributed by atoms with E-state index >= 15 is 0 Å². The van der Waals surface area contributed by atoms with Crippen LogP contribution in [0.2, 0.25) is 0 Å². The SMILES string of the molecule is CCNCc1ccc(N(CC)CC(N)=O)cc1Br. The van der Waals surface area contributed by atoms with Crippen LogP contribution in [0.3, 0.4) is 0 Å². The van der Waals surface area contributed by atoms with Crippen LogP contribution in [0, 0.1) is 0 Å². The minimum absolute atomic E-state index is 0.246. The number of likely N-dealkylation sites (N-methyl/N-ethyl adjacent to an activating group) is 1. The molecule has 18 heavy (non-hydrogen) atoms. The molecule has 100 valence electrons. The monoisotopic (exact) mass is 313 g/mol. The Morgan fingerprint density at radius 3 is 2.67 bits per heavy atom. The zero-order chi connectivity index (χ0) is 13.5. The largest absolute Gasteiger partial charge is 0.368 e. The van der Waals surface area contributed by atoms with E-state index in [1.807, 2.05) is 24.0 Å². The molecular formula is C13H20BrN3O. The molecule has 0 unspecified atom stereocenters. The van der Waals surface area contributed by atoms with Crippen LogP contribution in [0.1, 0.15) is 19.4 Å². The number of amides is 1. The van der Waals surface area contributed by atoms with Gasteiger partial charge in [0.15, 0.2) is 0 Å². The van der Waals surface area contributed by atoms with E-state index in [9.17, 15) is 4.79 Å². The van der Waals surface area contributed by atoms with E-state index < -0.39 is 0 Å². The Morgan fingerprint density at radius 2 is 2.17 bits per heavy atom. The molecule has 0 aromatic heterocycles. The summed E-state index contributed by atoms with van der Waals surface area (Å²) < 4.78 is 1.05. The molecule has 1 aromatic carbocycles. The first-order chi connectivity index (χ1) is 8.58. The van der Waals surface area contributed by atoms with E-state index in [1.165, 1.54) is 5.56 Å². The first-order valence-corrected chi connectivity index (χ1v) is 6.90. The summed E-state index contributed by atoms with van der Waals surface area (Å²) >= 11 is 3.56. The third-order valence-electron chi connectivity index (χ3n) is 2.70. The van der Waals surface area contributed by atoms with Crippen molar-refractivity contribution in [2.45, 2.75) is 20.4 Å². The summed E-state index contributed by atoms with van der Waals surface area (Å²) in [6.45, 7) is 6.85. The molecule has 0 heterocycles. The molecule has 0 fully saturated rings.